The van der Waals surface area contributed by atoms with E-state index in [1.54, 1.807) is 0 Å². The maximum atomic E-state index is 12.3. The average Bonchev–Trinajstić information content (AvgIpc) is 3.08. The van der Waals surface area contributed by atoms with Crippen LogP contribution in [0.5, 0.6) is 0 Å². The van der Waals surface area contributed by atoms with E-state index in [2.05, 4.69) is 10.6 Å². The van der Waals surface area contributed by atoms with E-state index < -0.39 is 0 Å². The van der Waals surface area contributed by atoms with Gasteiger partial charge in [-0.3, -0.25) is 4.79 Å². The van der Waals surface area contributed by atoms with Crippen LogP contribution in [0.25, 0.3) is 0 Å². The summed E-state index contributed by atoms with van der Waals surface area (Å²) in [5.41, 5.74) is 1.04. The molecule has 1 amide bonds. The van der Waals surface area contributed by atoms with Crippen LogP contribution in [-0.2, 0) is 10.3 Å². The maximum Gasteiger partial charge on any atom is 0.223 e. The van der Waals surface area contributed by atoms with E-state index >= 15 is 0 Å². The SMILES string of the molecule is CC(C(=O)NC1(c2ccc(Cl)cc2)CC1)C1CNC1. The van der Waals surface area contributed by atoms with Crippen LogP contribution >= 0.6 is 11.6 Å². The third-order valence-electron chi connectivity index (χ3n) is 4.44. The molecule has 1 saturated carbocycles. The number of benzene rings is 1. The van der Waals surface area contributed by atoms with E-state index in [9.17, 15) is 4.79 Å². The highest BCUT2D eigenvalue weighted by Gasteiger charge is 2.46. The van der Waals surface area contributed by atoms with E-state index in [0.717, 1.165) is 31.0 Å². The van der Waals surface area contributed by atoms with Crippen molar-refractivity contribution in [1.82, 2.24) is 10.6 Å². The van der Waals surface area contributed by atoms with Gasteiger partial charge in [-0.25, -0.2) is 0 Å². The molecule has 0 radical (unpaired) electrons. The first-order chi connectivity index (χ1) is 9.11. The predicted molar refractivity (Wildman–Crippen MR) is 76.0 cm³/mol. The minimum Gasteiger partial charge on any atom is -0.346 e. The topological polar surface area (TPSA) is 41.1 Å². The summed E-state index contributed by atoms with van der Waals surface area (Å²) in [6.07, 6.45) is 2.05. The number of amides is 1. The molecule has 19 heavy (non-hydrogen) atoms. The van der Waals surface area contributed by atoms with Gasteiger partial charge in [-0.15, -0.1) is 0 Å². The Balaban J connectivity index is 1.68. The Morgan fingerprint density at radius 1 is 1.37 bits per heavy atom. The summed E-state index contributed by atoms with van der Waals surface area (Å²) in [5.74, 6) is 0.756. The van der Waals surface area contributed by atoms with Crippen molar-refractivity contribution in [2.45, 2.75) is 25.3 Å². The molecule has 1 atom stereocenters. The molecule has 102 valence electrons. The van der Waals surface area contributed by atoms with Crippen LogP contribution in [0.15, 0.2) is 24.3 Å². The third-order valence-corrected chi connectivity index (χ3v) is 4.69. The first-order valence-corrected chi connectivity index (χ1v) is 7.27. The van der Waals surface area contributed by atoms with Crippen molar-refractivity contribution in [2.75, 3.05) is 13.1 Å². The Morgan fingerprint density at radius 2 is 2.00 bits per heavy atom. The molecule has 1 unspecified atom stereocenters. The van der Waals surface area contributed by atoms with Gasteiger partial charge in [0.15, 0.2) is 0 Å². The smallest absolute Gasteiger partial charge is 0.223 e. The van der Waals surface area contributed by atoms with Crippen LogP contribution in [0.2, 0.25) is 5.02 Å². The lowest BCUT2D eigenvalue weighted by molar-refractivity contribution is -0.127. The van der Waals surface area contributed by atoms with E-state index in [1.807, 2.05) is 31.2 Å². The van der Waals surface area contributed by atoms with Crippen LogP contribution in [-0.4, -0.2) is 19.0 Å². The highest BCUT2D eigenvalue weighted by Crippen LogP contribution is 2.46. The monoisotopic (exact) mass is 278 g/mol. The molecule has 3 rings (SSSR count). The molecule has 2 N–H and O–H groups in total. The number of carbonyl (C=O) groups is 1. The fourth-order valence-corrected chi connectivity index (χ4v) is 2.73. The van der Waals surface area contributed by atoms with Crippen molar-refractivity contribution < 1.29 is 4.79 Å². The Hall–Kier alpha value is -1.06. The minimum atomic E-state index is -0.132. The standard InChI is InChI=1S/C15H19ClN2O/c1-10(11-8-17-9-11)14(19)18-15(6-7-15)12-2-4-13(16)5-3-12/h2-5,10-11,17H,6-9H2,1H3,(H,18,19). The van der Waals surface area contributed by atoms with Gasteiger partial charge in [0, 0.05) is 10.9 Å². The molecule has 0 spiro atoms. The highest BCUT2D eigenvalue weighted by molar-refractivity contribution is 6.30. The van der Waals surface area contributed by atoms with Crippen LogP contribution in [0.1, 0.15) is 25.3 Å². The van der Waals surface area contributed by atoms with Crippen molar-refractivity contribution in [3.8, 4) is 0 Å². The molecular weight excluding hydrogens is 260 g/mol. The summed E-state index contributed by atoms with van der Waals surface area (Å²) in [6.45, 7) is 3.95. The molecule has 1 aromatic rings. The van der Waals surface area contributed by atoms with Crippen molar-refractivity contribution in [3.05, 3.63) is 34.9 Å². The number of rotatable bonds is 4. The van der Waals surface area contributed by atoms with Gasteiger partial charge < -0.3 is 10.6 Å². The fourth-order valence-electron chi connectivity index (χ4n) is 2.61. The lowest BCUT2D eigenvalue weighted by Gasteiger charge is -2.33. The maximum absolute atomic E-state index is 12.3. The van der Waals surface area contributed by atoms with E-state index in [0.29, 0.717) is 5.92 Å². The second-order valence-corrected chi connectivity index (χ2v) is 6.22. The zero-order valence-corrected chi connectivity index (χ0v) is 11.8. The average molecular weight is 279 g/mol. The summed E-state index contributed by atoms with van der Waals surface area (Å²) >= 11 is 5.91. The highest BCUT2D eigenvalue weighted by atomic mass is 35.5. The molecule has 3 nitrogen and oxygen atoms in total. The largest absolute Gasteiger partial charge is 0.346 e. The Bertz CT molecular complexity index is 477. The van der Waals surface area contributed by atoms with Gasteiger partial charge in [0.25, 0.3) is 0 Å². The molecule has 0 aromatic heterocycles. The molecular formula is C15H19ClN2O. The second kappa shape index (κ2) is 4.80. The molecule has 1 saturated heterocycles. The molecule has 2 aliphatic rings. The first kappa shape index (κ1) is 12.9. The normalized spacial score (nSPS) is 22.4. The van der Waals surface area contributed by atoms with E-state index in [1.165, 1.54) is 5.56 Å². The molecule has 1 aliphatic carbocycles. The Morgan fingerprint density at radius 3 is 2.47 bits per heavy atom. The molecule has 1 aliphatic heterocycles. The summed E-state index contributed by atoms with van der Waals surface area (Å²) in [5, 5.41) is 7.20. The number of hydrogen-bond donors (Lipinski definition) is 2. The lowest BCUT2D eigenvalue weighted by Crippen LogP contribution is -2.51. The van der Waals surface area contributed by atoms with E-state index in [-0.39, 0.29) is 17.4 Å². The molecule has 1 heterocycles. The van der Waals surface area contributed by atoms with Crippen LogP contribution < -0.4 is 10.6 Å². The second-order valence-electron chi connectivity index (χ2n) is 5.79. The number of carbonyl (C=O) groups excluding carboxylic acids is 1. The van der Waals surface area contributed by atoms with Gasteiger partial charge in [-0.1, -0.05) is 30.7 Å². The molecule has 0 bridgehead atoms. The quantitative estimate of drug-likeness (QED) is 0.887. The van der Waals surface area contributed by atoms with Gasteiger partial charge >= 0.3 is 0 Å². The summed E-state index contributed by atoms with van der Waals surface area (Å²) in [7, 11) is 0. The van der Waals surface area contributed by atoms with Crippen molar-refractivity contribution in [1.29, 1.82) is 0 Å². The Labute approximate surface area is 118 Å². The fraction of sp³-hybridized carbons (Fsp3) is 0.533. The zero-order chi connectivity index (χ0) is 13.5. The first-order valence-electron chi connectivity index (χ1n) is 6.89. The van der Waals surface area contributed by atoms with Crippen LogP contribution in [0.3, 0.4) is 0 Å². The van der Waals surface area contributed by atoms with Crippen molar-refractivity contribution in [2.24, 2.45) is 11.8 Å². The molecule has 4 heteroatoms. The van der Waals surface area contributed by atoms with Gasteiger partial charge in [0.2, 0.25) is 5.91 Å². The van der Waals surface area contributed by atoms with Gasteiger partial charge in [-0.2, -0.15) is 0 Å². The Kier molecular flexibility index (Phi) is 3.27. The summed E-state index contributed by atoms with van der Waals surface area (Å²) in [4.78, 5) is 12.3. The minimum absolute atomic E-state index is 0.0889. The van der Waals surface area contributed by atoms with Crippen molar-refractivity contribution in [3.63, 3.8) is 0 Å². The van der Waals surface area contributed by atoms with Gasteiger partial charge in [0.05, 0.1) is 5.54 Å². The number of hydrogen-bond acceptors (Lipinski definition) is 2. The molecule has 1 aromatic carbocycles. The van der Waals surface area contributed by atoms with Crippen molar-refractivity contribution >= 4 is 17.5 Å². The van der Waals surface area contributed by atoms with Crippen LogP contribution in [0, 0.1) is 11.8 Å². The zero-order valence-electron chi connectivity index (χ0n) is 11.1. The van der Waals surface area contributed by atoms with Gasteiger partial charge in [-0.05, 0) is 49.5 Å². The number of nitrogens with one attached hydrogen (secondary N) is 2. The van der Waals surface area contributed by atoms with Crippen LogP contribution in [0.4, 0.5) is 0 Å². The van der Waals surface area contributed by atoms with E-state index in [4.69, 9.17) is 11.6 Å². The predicted octanol–water partition coefficient (Wildman–Crippen LogP) is 2.30. The third kappa shape index (κ3) is 2.49. The summed E-state index contributed by atoms with van der Waals surface area (Å²) < 4.78 is 0. The van der Waals surface area contributed by atoms with Gasteiger partial charge in [0.1, 0.15) is 0 Å². The molecule has 2 fully saturated rings. The summed E-state index contributed by atoms with van der Waals surface area (Å²) in [6, 6.07) is 7.82. The number of halogens is 1. The lowest BCUT2D eigenvalue weighted by atomic mass is 9.88.